The molecule has 0 aromatic carbocycles. The van der Waals surface area contributed by atoms with Crippen LogP contribution in [0.15, 0.2) is 5.51 Å². The van der Waals surface area contributed by atoms with Gasteiger partial charge in [0.2, 0.25) is 0 Å². The molecule has 2 rings (SSSR count). The van der Waals surface area contributed by atoms with Gasteiger partial charge in [-0.05, 0) is 46.8 Å². The highest BCUT2D eigenvalue weighted by molar-refractivity contribution is 7.09. The van der Waals surface area contributed by atoms with E-state index in [0.29, 0.717) is 5.54 Å². The first kappa shape index (κ1) is 14.9. The van der Waals surface area contributed by atoms with Crippen molar-refractivity contribution in [1.29, 1.82) is 0 Å². The van der Waals surface area contributed by atoms with Crippen LogP contribution in [0.1, 0.15) is 49.1 Å². The molecule has 0 bridgehead atoms. The molecule has 4 heteroatoms. The maximum absolute atomic E-state index is 4.33. The predicted octanol–water partition coefficient (Wildman–Crippen LogP) is 3.20. The second kappa shape index (κ2) is 6.82. The highest BCUT2D eigenvalue weighted by Crippen LogP contribution is 2.31. The van der Waals surface area contributed by atoms with Gasteiger partial charge in [-0.3, -0.25) is 0 Å². The lowest BCUT2D eigenvalue weighted by Gasteiger charge is -2.38. The minimum atomic E-state index is 0.398. The van der Waals surface area contributed by atoms with Crippen LogP contribution < -0.4 is 5.32 Å². The van der Waals surface area contributed by atoms with Crippen molar-refractivity contribution in [2.75, 3.05) is 20.6 Å². The molecule has 1 saturated carbocycles. The van der Waals surface area contributed by atoms with E-state index in [-0.39, 0.29) is 0 Å². The standard InChI is InChI=1S/C15H27N3S/c1-13-14(19-12-17-13)11-18(3)10-9-15(16-2)7-5-4-6-8-15/h12,16H,4-11H2,1-3H3. The molecule has 0 radical (unpaired) electrons. The predicted molar refractivity (Wildman–Crippen MR) is 82.7 cm³/mol. The minimum absolute atomic E-state index is 0.398. The first-order chi connectivity index (χ1) is 9.15. The zero-order chi connectivity index (χ0) is 13.7. The third-order valence-electron chi connectivity index (χ3n) is 4.57. The lowest BCUT2D eigenvalue weighted by molar-refractivity contribution is 0.194. The Morgan fingerprint density at radius 1 is 1.37 bits per heavy atom. The van der Waals surface area contributed by atoms with Gasteiger partial charge in [-0.2, -0.15) is 0 Å². The number of hydrogen-bond acceptors (Lipinski definition) is 4. The van der Waals surface area contributed by atoms with Crippen LogP contribution in [0.2, 0.25) is 0 Å². The van der Waals surface area contributed by atoms with Crippen molar-refractivity contribution >= 4 is 11.3 Å². The zero-order valence-corrected chi connectivity index (χ0v) is 13.4. The Labute approximate surface area is 121 Å². The lowest BCUT2D eigenvalue weighted by Crippen LogP contribution is -2.46. The van der Waals surface area contributed by atoms with Crippen LogP contribution in [-0.2, 0) is 6.54 Å². The van der Waals surface area contributed by atoms with E-state index in [0.717, 1.165) is 13.1 Å². The fourth-order valence-electron chi connectivity index (χ4n) is 3.06. The molecular formula is C15H27N3S. The van der Waals surface area contributed by atoms with Gasteiger partial charge >= 0.3 is 0 Å². The molecule has 1 aliphatic rings. The summed E-state index contributed by atoms with van der Waals surface area (Å²) < 4.78 is 0. The number of thiazole rings is 1. The molecule has 0 amide bonds. The van der Waals surface area contributed by atoms with Gasteiger partial charge in [-0.1, -0.05) is 19.3 Å². The van der Waals surface area contributed by atoms with Crippen LogP contribution in [0.5, 0.6) is 0 Å². The molecule has 1 aliphatic carbocycles. The van der Waals surface area contributed by atoms with Crippen LogP contribution in [-0.4, -0.2) is 36.1 Å². The van der Waals surface area contributed by atoms with Crippen molar-refractivity contribution in [2.45, 2.75) is 57.5 Å². The number of aryl methyl sites for hydroxylation is 1. The summed E-state index contributed by atoms with van der Waals surface area (Å²) in [7, 11) is 4.37. The van der Waals surface area contributed by atoms with Crippen LogP contribution in [0.4, 0.5) is 0 Å². The summed E-state index contributed by atoms with van der Waals surface area (Å²) in [5.41, 5.74) is 3.54. The second-order valence-corrected chi connectivity index (χ2v) is 6.88. The molecule has 0 aliphatic heterocycles. The lowest BCUT2D eigenvalue weighted by atomic mass is 9.79. The summed E-state index contributed by atoms with van der Waals surface area (Å²) in [6.07, 6.45) is 8.14. The zero-order valence-electron chi connectivity index (χ0n) is 12.5. The van der Waals surface area contributed by atoms with Crippen LogP contribution in [0.25, 0.3) is 0 Å². The van der Waals surface area contributed by atoms with E-state index < -0.39 is 0 Å². The molecule has 1 heterocycles. The Kier molecular flexibility index (Phi) is 5.37. The molecule has 1 N–H and O–H groups in total. The average molecular weight is 281 g/mol. The number of rotatable bonds is 6. The maximum Gasteiger partial charge on any atom is 0.0798 e. The third-order valence-corrected chi connectivity index (χ3v) is 5.49. The van der Waals surface area contributed by atoms with Crippen molar-refractivity contribution in [3.8, 4) is 0 Å². The molecule has 108 valence electrons. The van der Waals surface area contributed by atoms with Crippen molar-refractivity contribution in [3.63, 3.8) is 0 Å². The molecule has 1 aromatic heterocycles. The SMILES string of the molecule is CNC1(CCN(C)Cc2scnc2C)CCCCC1. The Morgan fingerprint density at radius 2 is 2.11 bits per heavy atom. The Morgan fingerprint density at radius 3 is 2.68 bits per heavy atom. The Balaban J connectivity index is 1.82. The van der Waals surface area contributed by atoms with Gasteiger partial charge in [0.15, 0.2) is 0 Å². The van der Waals surface area contributed by atoms with Crippen molar-refractivity contribution in [3.05, 3.63) is 16.1 Å². The first-order valence-corrected chi connectivity index (χ1v) is 8.30. The maximum atomic E-state index is 4.33. The molecule has 0 atom stereocenters. The Bertz CT molecular complexity index is 382. The topological polar surface area (TPSA) is 28.2 Å². The second-order valence-electron chi connectivity index (χ2n) is 5.94. The fourth-order valence-corrected chi connectivity index (χ4v) is 3.92. The minimum Gasteiger partial charge on any atom is -0.314 e. The summed E-state index contributed by atoms with van der Waals surface area (Å²) >= 11 is 1.78. The number of aromatic nitrogens is 1. The molecule has 0 saturated heterocycles. The summed E-state index contributed by atoms with van der Waals surface area (Å²) in [4.78, 5) is 8.17. The van der Waals surface area contributed by atoms with Gasteiger partial charge in [0.25, 0.3) is 0 Å². The summed E-state index contributed by atoms with van der Waals surface area (Å²) in [6.45, 7) is 4.31. The largest absolute Gasteiger partial charge is 0.314 e. The monoisotopic (exact) mass is 281 g/mol. The fraction of sp³-hybridized carbons (Fsp3) is 0.800. The summed E-state index contributed by atoms with van der Waals surface area (Å²) in [5, 5.41) is 3.61. The van der Waals surface area contributed by atoms with Gasteiger partial charge in [-0.25, -0.2) is 4.98 Å². The van der Waals surface area contributed by atoms with Crippen LogP contribution in [0, 0.1) is 6.92 Å². The van der Waals surface area contributed by atoms with Crippen LogP contribution in [0.3, 0.4) is 0 Å². The number of nitrogens with zero attached hydrogens (tertiary/aromatic N) is 2. The quantitative estimate of drug-likeness (QED) is 0.868. The van der Waals surface area contributed by atoms with Gasteiger partial charge in [0, 0.05) is 17.0 Å². The summed E-state index contributed by atoms with van der Waals surface area (Å²) in [6, 6.07) is 0. The molecule has 1 fully saturated rings. The van der Waals surface area contributed by atoms with E-state index in [1.54, 1.807) is 11.3 Å². The van der Waals surface area contributed by atoms with E-state index in [2.05, 4.69) is 36.2 Å². The number of hydrogen-bond donors (Lipinski definition) is 1. The van der Waals surface area contributed by atoms with E-state index in [9.17, 15) is 0 Å². The smallest absolute Gasteiger partial charge is 0.0798 e. The average Bonchev–Trinajstić information content (AvgIpc) is 2.83. The molecular weight excluding hydrogens is 254 g/mol. The van der Waals surface area contributed by atoms with Crippen molar-refractivity contribution in [2.24, 2.45) is 0 Å². The molecule has 3 nitrogen and oxygen atoms in total. The van der Waals surface area contributed by atoms with E-state index >= 15 is 0 Å². The number of nitrogens with one attached hydrogen (secondary N) is 1. The van der Waals surface area contributed by atoms with Crippen LogP contribution >= 0.6 is 11.3 Å². The highest BCUT2D eigenvalue weighted by atomic mass is 32.1. The van der Waals surface area contributed by atoms with Gasteiger partial charge in [-0.15, -0.1) is 11.3 Å². The third kappa shape index (κ3) is 4.01. The van der Waals surface area contributed by atoms with E-state index in [1.807, 2.05) is 5.51 Å². The van der Waals surface area contributed by atoms with Gasteiger partial charge < -0.3 is 10.2 Å². The van der Waals surface area contributed by atoms with Gasteiger partial charge in [0.1, 0.15) is 0 Å². The van der Waals surface area contributed by atoms with Crippen molar-refractivity contribution in [1.82, 2.24) is 15.2 Å². The van der Waals surface area contributed by atoms with E-state index in [1.165, 1.54) is 49.1 Å². The van der Waals surface area contributed by atoms with Gasteiger partial charge in [0.05, 0.1) is 11.2 Å². The molecule has 0 spiro atoms. The molecule has 0 unspecified atom stereocenters. The highest BCUT2D eigenvalue weighted by Gasteiger charge is 2.29. The Hall–Kier alpha value is -0.450. The normalized spacial score (nSPS) is 18.9. The first-order valence-electron chi connectivity index (χ1n) is 7.42. The molecule has 1 aromatic rings. The summed E-state index contributed by atoms with van der Waals surface area (Å²) in [5.74, 6) is 0. The molecule has 19 heavy (non-hydrogen) atoms. The van der Waals surface area contributed by atoms with E-state index in [4.69, 9.17) is 0 Å². The van der Waals surface area contributed by atoms with Crippen molar-refractivity contribution < 1.29 is 0 Å².